The zero-order chi connectivity index (χ0) is 11.9. The van der Waals surface area contributed by atoms with Crippen molar-refractivity contribution in [3.8, 4) is 0 Å². The highest BCUT2D eigenvalue weighted by Gasteiger charge is 2.48. The van der Waals surface area contributed by atoms with Gasteiger partial charge in [-0.1, -0.05) is 25.2 Å². The Balaban J connectivity index is 1.99. The summed E-state index contributed by atoms with van der Waals surface area (Å²) in [6, 6.07) is -0.0299. The Labute approximate surface area is 102 Å². The van der Waals surface area contributed by atoms with Crippen molar-refractivity contribution in [2.45, 2.75) is 32.4 Å². The number of rotatable bonds is 2. The van der Waals surface area contributed by atoms with E-state index in [2.05, 4.69) is 15.5 Å². The first-order valence-electron chi connectivity index (χ1n) is 4.89. The summed E-state index contributed by atoms with van der Waals surface area (Å²) in [7, 11) is 0. The van der Waals surface area contributed by atoms with Gasteiger partial charge in [-0.05, 0) is 18.0 Å². The van der Waals surface area contributed by atoms with Gasteiger partial charge in [-0.2, -0.15) is 0 Å². The summed E-state index contributed by atoms with van der Waals surface area (Å²) in [5, 5.41) is 19.8. The number of hydrogen-bond acceptors (Lipinski definition) is 5. The molecule has 1 aliphatic carbocycles. The van der Waals surface area contributed by atoms with Crippen LogP contribution in [0.1, 0.15) is 30.1 Å². The van der Waals surface area contributed by atoms with Crippen LogP contribution in [-0.2, 0) is 0 Å². The number of carbonyl (C=O) groups excluding carboxylic acids is 1. The van der Waals surface area contributed by atoms with Crippen LogP contribution in [0.2, 0.25) is 4.47 Å². The molecule has 1 aliphatic rings. The Morgan fingerprint density at radius 3 is 2.75 bits per heavy atom. The maximum atomic E-state index is 11.7. The van der Waals surface area contributed by atoms with E-state index in [1.165, 1.54) is 0 Å². The molecule has 2 rings (SSSR count). The molecule has 2 N–H and O–H groups in total. The molecule has 88 valence electrons. The minimum absolute atomic E-state index is 0.0299. The SMILES string of the molecule is CC1(C)C(O)CC1NC(=O)c1nnc(Cl)s1. The van der Waals surface area contributed by atoms with Crippen LogP contribution in [-0.4, -0.2) is 33.4 Å². The van der Waals surface area contributed by atoms with Gasteiger partial charge in [0.05, 0.1) is 6.10 Å². The third-order valence-corrected chi connectivity index (χ3v) is 4.13. The van der Waals surface area contributed by atoms with E-state index in [1.807, 2.05) is 13.8 Å². The van der Waals surface area contributed by atoms with Crippen LogP contribution in [0.25, 0.3) is 0 Å². The van der Waals surface area contributed by atoms with Crippen LogP contribution >= 0.6 is 22.9 Å². The minimum atomic E-state index is -0.365. The molecule has 7 heteroatoms. The summed E-state index contributed by atoms with van der Waals surface area (Å²) < 4.78 is 0.248. The van der Waals surface area contributed by atoms with Gasteiger partial charge in [0, 0.05) is 11.5 Å². The van der Waals surface area contributed by atoms with Gasteiger partial charge in [-0.25, -0.2) is 0 Å². The van der Waals surface area contributed by atoms with E-state index in [-0.39, 0.29) is 32.9 Å². The Hall–Kier alpha value is -0.720. The van der Waals surface area contributed by atoms with Crippen molar-refractivity contribution in [2.24, 2.45) is 5.41 Å². The summed E-state index contributed by atoms with van der Waals surface area (Å²) in [5.74, 6) is -0.283. The largest absolute Gasteiger partial charge is 0.392 e. The minimum Gasteiger partial charge on any atom is -0.392 e. The van der Waals surface area contributed by atoms with E-state index in [4.69, 9.17) is 11.6 Å². The van der Waals surface area contributed by atoms with Crippen molar-refractivity contribution in [2.75, 3.05) is 0 Å². The van der Waals surface area contributed by atoms with Crippen LogP contribution < -0.4 is 5.32 Å². The molecule has 1 amide bonds. The van der Waals surface area contributed by atoms with Crippen molar-refractivity contribution >= 4 is 28.8 Å². The molecule has 0 aromatic carbocycles. The molecule has 0 spiro atoms. The lowest BCUT2D eigenvalue weighted by molar-refractivity contribution is -0.0689. The zero-order valence-corrected chi connectivity index (χ0v) is 10.5. The molecule has 0 aliphatic heterocycles. The van der Waals surface area contributed by atoms with E-state index < -0.39 is 0 Å². The first kappa shape index (κ1) is 11.8. The van der Waals surface area contributed by atoms with Crippen molar-refractivity contribution in [3.05, 3.63) is 9.47 Å². The average Bonchev–Trinajstić information content (AvgIpc) is 2.64. The third kappa shape index (κ3) is 1.92. The molecule has 0 bridgehead atoms. The van der Waals surface area contributed by atoms with Gasteiger partial charge in [-0.3, -0.25) is 4.79 Å². The number of halogens is 1. The quantitative estimate of drug-likeness (QED) is 0.835. The predicted molar refractivity (Wildman–Crippen MR) is 60.6 cm³/mol. The highest BCUT2D eigenvalue weighted by atomic mass is 35.5. The van der Waals surface area contributed by atoms with E-state index >= 15 is 0 Å². The fraction of sp³-hybridized carbons (Fsp3) is 0.667. The van der Waals surface area contributed by atoms with Crippen molar-refractivity contribution in [1.29, 1.82) is 0 Å². The zero-order valence-electron chi connectivity index (χ0n) is 8.90. The number of amides is 1. The molecule has 16 heavy (non-hydrogen) atoms. The summed E-state index contributed by atoms with van der Waals surface area (Å²) in [6.07, 6.45) is 0.210. The molecule has 0 radical (unpaired) electrons. The predicted octanol–water partition coefficient (Wildman–Crippen LogP) is 1.08. The molecule has 2 atom stereocenters. The van der Waals surface area contributed by atoms with Crippen molar-refractivity contribution in [1.82, 2.24) is 15.5 Å². The first-order valence-corrected chi connectivity index (χ1v) is 6.08. The van der Waals surface area contributed by atoms with Crippen LogP contribution in [0.5, 0.6) is 0 Å². The van der Waals surface area contributed by atoms with Gasteiger partial charge in [0.25, 0.3) is 5.91 Å². The number of carbonyl (C=O) groups is 1. The van der Waals surface area contributed by atoms with Crippen LogP contribution in [0, 0.1) is 5.41 Å². The molecule has 2 unspecified atom stereocenters. The molecule has 1 saturated carbocycles. The van der Waals surface area contributed by atoms with E-state index in [0.29, 0.717) is 6.42 Å². The molecule has 1 aromatic heterocycles. The Morgan fingerprint density at radius 2 is 2.31 bits per heavy atom. The lowest BCUT2D eigenvalue weighted by Gasteiger charge is -2.49. The Morgan fingerprint density at radius 1 is 1.62 bits per heavy atom. The van der Waals surface area contributed by atoms with Crippen LogP contribution in [0.4, 0.5) is 0 Å². The number of nitrogens with zero attached hydrogens (tertiary/aromatic N) is 2. The number of aliphatic hydroxyl groups is 1. The standard InChI is InChI=1S/C9H12ClN3O2S/c1-9(2)4(3-5(9)14)11-6(15)7-12-13-8(10)16-7/h4-5,14H,3H2,1-2H3,(H,11,15). The molecule has 1 aromatic rings. The van der Waals surface area contributed by atoms with Gasteiger partial charge in [-0.15, -0.1) is 10.2 Å². The number of aliphatic hydroxyl groups excluding tert-OH is 1. The molecular weight excluding hydrogens is 250 g/mol. The van der Waals surface area contributed by atoms with Crippen molar-refractivity contribution in [3.63, 3.8) is 0 Å². The van der Waals surface area contributed by atoms with Gasteiger partial charge in [0.2, 0.25) is 9.47 Å². The topological polar surface area (TPSA) is 75.1 Å². The van der Waals surface area contributed by atoms with Crippen LogP contribution in [0.3, 0.4) is 0 Å². The highest BCUT2D eigenvalue weighted by Crippen LogP contribution is 2.40. The highest BCUT2D eigenvalue weighted by molar-refractivity contribution is 7.17. The normalized spacial score (nSPS) is 27.2. The molecule has 1 heterocycles. The van der Waals surface area contributed by atoms with Gasteiger partial charge >= 0.3 is 0 Å². The molecule has 5 nitrogen and oxygen atoms in total. The maximum Gasteiger partial charge on any atom is 0.282 e. The Kier molecular flexibility index (Phi) is 2.90. The molecule has 0 saturated heterocycles. The van der Waals surface area contributed by atoms with E-state index in [0.717, 1.165) is 11.3 Å². The molecule has 1 fully saturated rings. The lowest BCUT2D eigenvalue weighted by atomic mass is 9.64. The maximum absolute atomic E-state index is 11.7. The summed E-state index contributed by atoms with van der Waals surface area (Å²) >= 11 is 6.64. The second-order valence-electron chi connectivity index (χ2n) is 4.46. The first-order chi connectivity index (χ1) is 7.41. The van der Waals surface area contributed by atoms with Gasteiger partial charge in [0.1, 0.15) is 0 Å². The van der Waals surface area contributed by atoms with Crippen LogP contribution in [0.15, 0.2) is 0 Å². The lowest BCUT2D eigenvalue weighted by Crippen LogP contribution is -2.61. The monoisotopic (exact) mass is 261 g/mol. The third-order valence-electron chi connectivity index (χ3n) is 3.12. The summed E-state index contributed by atoms with van der Waals surface area (Å²) in [6.45, 7) is 3.83. The summed E-state index contributed by atoms with van der Waals surface area (Å²) in [4.78, 5) is 11.7. The number of aromatic nitrogens is 2. The Bertz CT molecular complexity index is 421. The second kappa shape index (κ2) is 3.94. The van der Waals surface area contributed by atoms with E-state index in [9.17, 15) is 9.90 Å². The van der Waals surface area contributed by atoms with E-state index in [1.54, 1.807) is 0 Å². The fourth-order valence-electron chi connectivity index (χ4n) is 1.66. The number of hydrogen-bond donors (Lipinski definition) is 2. The molecular formula is C9H12ClN3O2S. The fourth-order valence-corrected chi connectivity index (χ4v) is 2.40. The average molecular weight is 262 g/mol. The van der Waals surface area contributed by atoms with Gasteiger partial charge in [0.15, 0.2) is 0 Å². The second-order valence-corrected chi connectivity index (χ2v) is 6.02. The summed E-state index contributed by atoms with van der Waals surface area (Å²) in [5.41, 5.74) is -0.288. The van der Waals surface area contributed by atoms with Crippen molar-refractivity contribution < 1.29 is 9.90 Å². The van der Waals surface area contributed by atoms with Gasteiger partial charge < -0.3 is 10.4 Å². The number of nitrogens with one attached hydrogen (secondary N) is 1. The smallest absolute Gasteiger partial charge is 0.282 e.